The van der Waals surface area contributed by atoms with Gasteiger partial charge in [0.1, 0.15) is 6.04 Å². The molecule has 1 aliphatic heterocycles. The van der Waals surface area contributed by atoms with E-state index < -0.39 is 6.04 Å². The molecular weight excluding hydrogens is 322 g/mol. The Balaban J connectivity index is 1.33. The van der Waals surface area contributed by atoms with Gasteiger partial charge < -0.3 is 20.1 Å². The van der Waals surface area contributed by atoms with Gasteiger partial charge in [-0.2, -0.15) is 4.98 Å². The standard InChI is InChI=1S/C16H17N7O2/c24-16(14-13-11(3-6-18-14)20-9-21-13)19-7-4-12-22-15(23-25-12)10-2-1-5-17-8-10/h1-2,5,8-9,14,18H,3-4,6-7H2,(H,19,24)(H,20,21). The van der Waals surface area contributed by atoms with Gasteiger partial charge in [-0.05, 0) is 12.1 Å². The summed E-state index contributed by atoms with van der Waals surface area (Å²) in [6.45, 7) is 1.15. The van der Waals surface area contributed by atoms with Gasteiger partial charge in [0.2, 0.25) is 17.6 Å². The lowest BCUT2D eigenvalue weighted by Gasteiger charge is -2.21. The van der Waals surface area contributed by atoms with Crippen LogP contribution in [0.5, 0.6) is 0 Å². The van der Waals surface area contributed by atoms with E-state index >= 15 is 0 Å². The van der Waals surface area contributed by atoms with Crippen molar-refractivity contribution in [1.82, 2.24) is 35.7 Å². The summed E-state index contributed by atoms with van der Waals surface area (Å²) in [6, 6.07) is 3.25. The first-order chi connectivity index (χ1) is 12.3. The third-order valence-corrected chi connectivity index (χ3v) is 4.04. The van der Waals surface area contributed by atoms with Crippen molar-refractivity contribution in [2.45, 2.75) is 18.9 Å². The number of carbonyl (C=O) groups excluding carboxylic acids is 1. The average molecular weight is 339 g/mol. The lowest BCUT2D eigenvalue weighted by molar-refractivity contribution is -0.123. The number of hydrogen-bond acceptors (Lipinski definition) is 7. The van der Waals surface area contributed by atoms with Gasteiger partial charge in [-0.1, -0.05) is 5.16 Å². The number of H-pyrrole nitrogens is 1. The third kappa shape index (κ3) is 3.26. The van der Waals surface area contributed by atoms with Crippen molar-refractivity contribution >= 4 is 5.91 Å². The van der Waals surface area contributed by atoms with Gasteiger partial charge in [-0.15, -0.1) is 0 Å². The van der Waals surface area contributed by atoms with Gasteiger partial charge in [0.05, 0.1) is 12.0 Å². The predicted octanol–water partition coefficient (Wildman–Crippen LogP) is 0.400. The molecule has 0 spiro atoms. The number of pyridine rings is 1. The third-order valence-electron chi connectivity index (χ3n) is 4.04. The molecule has 1 atom stereocenters. The highest BCUT2D eigenvalue weighted by Gasteiger charge is 2.28. The van der Waals surface area contributed by atoms with Crippen LogP contribution in [-0.4, -0.2) is 44.1 Å². The summed E-state index contributed by atoms with van der Waals surface area (Å²) in [5.41, 5.74) is 2.57. The highest BCUT2D eigenvalue weighted by Crippen LogP contribution is 2.19. The molecule has 3 aromatic heterocycles. The highest BCUT2D eigenvalue weighted by molar-refractivity contribution is 5.83. The number of aromatic amines is 1. The maximum absolute atomic E-state index is 12.4. The van der Waals surface area contributed by atoms with Crippen LogP contribution in [0.25, 0.3) is 11.4 Å². The van der Waals surface area contributed by atoms with Gasteiger partial charge in [-0.25, -0.2) is 4.98 Å². The molecule has 0 aliphatic carbocycles. The Morgan fingerprint density at radius 1 is 1.44 bits per heavy atom. The second kappa shape index (κ2) is 6.81. The van der Waals surface area contributed by atoms with Gasteiger partial charge in [0, 0.05) is 49.6 Å². The minimum atomic E-state index is -0.427. The zero-order valence-corrected chi connectivity index (χ0v) is 13.4. The van der Waals surface area contributed by atoms with Crippen LogP contribution < -0.4 is 10.6 Å². The Morgan fingerprint density at radius 2 is 2.40 bits per heavy atom. The Kier molecular flexibility index (Phi) is 4.21. The average Bonchev–Trinajstić information content (AvgIpc) is 3.31. The van der Waals surface area contributed by atoms with Crippen LogP contribution in [0.4, 0.5) is 0 Å². The highest BCUT2D eigenvalue weighted by atomic mass is 16.5. The summed E-state index contributed by atoms with van der Waals surface area (Å²) < 4.78 is 5.22. The number of aromatic nitrogens is 5. The van der Waals surface area contributed by atoms with E-state index in [-0.39, 0.29) is 5.91 Å². The molecule has 0 fully saturated rings. The molecule has 9 heteroatoms. The van der Waals surface area contributed by atoms with Crippen LogP contribution in [0.1, 0.15) is 23.3 Å². The van der Waals surface area contributed by atoms with E-state index in [1.165, 1.54) is 0 Å². The normalized spacial score (nSPS) is 16.4. The Labute approximate surface area is 143 Å². The van der Waals surface area contributed by atoms with Gasteiger partial charge >= 0.3 is 0 Å². The van der Waals surface area contributed by atoms with E-state index in [1.54, 1.807) is 18.7 Å². The molecule has 1 amide bonds. The molecule has 0 saturated heterocycles. The SMILES string of the molecule is O=C(NCCc1nc(-c2cccnc2)no1)C1NCCc2[nH]cnc21. The quantitative estimate of drug-likeness (QED) is 0.615. The Morgan fingerprint density at radius 3 is 3.28 bits per heavy atom. The van der Waals surface area contributed by atoms with E-state index in [1.807, 2.05) is 12.1 Å². The van der Waals surface area contributed by atoms with Crippen LogP contribution in [0, 0.1) is 0 Å². The van der Waals surface area contributed by atoms with Crippen molar-refractivity contribution in [2.75, 3.05) is 13.1 Å². The molecular formula is C16H17N7O2. The Bertz CT molecular complexity index is 858. The zero-order chi connectivity index (χ0) is 17.1. The zero-order valence-electron chi connectivity index (χ0n) is 13.4. The molecule has 4 rings (SSSR count). The molecule has 1 unspecified atom stereocenters. The predicted molar refractivity (Wildman–Crippen MR) is 87.3 cm³/mol. The topological polar surface area (TPSA) is 122 Å². The summed E-state index contributed by atoms with van der Waals surface area (Å²) in [5, 5.41) is 10.00. The molecule has 1 aliphatic rings. The lowest BCUT2D eigenvalue weighted by Crippen LogP contribution is -2.42. The number of rotatable bonds is 5. The van der Waals surface area contributed by atoms with Gasteiger partial charge in [0.15, 0.2) is 0 Å². The van der Waals surface area contributed by atoms with Crippen molar-refractivity contribution in [3.05, 3.63) is 48.1 Å². The molecule has 25 heavy (non-hydrogen) atoms. The fraction of sp³-hybridized carbons (Fsp3) is 0.312. The van der Waals surface area contributed by atoms with Crippen LogP contribution in [0.15, 0.2) is 35.4 Å². The van der Waals surface area contributed by atoms with Crippen molar-refractivity contribution < 1.29 is 9.32 Å². The van der Waals surface area contributed by atoms with Crippen LogP contribution >= 0.6 is 0 Å². The summed E-state index contributed by atoms with van der Waals surface area (Å²) in [4.78, 5) is 28.0. The molecule has 0 saturated carbocycles. The summed E-state index contributed by atoms with van der Waals surface area (Å²) in [6.07, 6.45) is 6.28. The van der Waals surface area contributed by atoms with E-state index in [9.17, 15) is 4.79 Å². The second-order valence-electron chi connectivity index (χ2n) is 5.70. The smallest absolute Gasteiger partial charge is 0.243 e. The van der Waals surface area contributed by atoms with Gasteiger partial charge in [-0.3, -0.25) is 9.78 Å². The Hall–Kier alpha value is -3.07. The monoisotopic (exact) mass is 339 g/mol. The summed E-state index contributed by atoms with van der Waals surface area (Å²) >= 11 is 0. The summed E-state index contributed by atoms with van der Waals surface area (Å²) in [5.74, 6) is 0.848. The number of nitrogens with zero attached hydrogens (tertiary/aromatic N) is 4. The van der Waals surface area contributed by atoms with Crippen molar-refractivity contribution in [1.29, 1.82) is 0 Å². The van der Waals surface area contributed by atoms with Gasteiger partial charge in [0.25, 0.3) is 0 Å². The van der Waals surface area contributed by atoms with E-state index in [0.717, 1.165) is 29.9 Å². The van der Waals surface area contributed by atoms with Crippen molar-refractivity contribution in [3.63, 3.8) is 0 Å². The second-order valence-corrected chi connectivity index (χ2v) is 5.70. The van der Waals surface area contributed by atoms with Crippen LogP contribution in [0.3, 0.4) is 0 Å². The maximum Gasteiger partial charge on any atom is 0.243 e. The van der Waals surface area contributed by atoms with E-state index in [0.29, 0.717) is 24.7 Å². The van der Waals surface area contributed by atoms with E-state index in [2.05, 4.69) is 35.7 Å². The number of fused-ring (bicyclic) bond motifs is 1. The minimum absolute atomic E-state index is 0.111. The first-order valence-electron chi connectivity index (χ1n) is 8.07. The maximum atomic E-state index is 12.4. The molecule has 0 bridgehead atoms. The summed E-state index contributed by atoms with van der Waals surface area (Å²) in [7, 11) is 0. The molecule has 0 aromatic carbocycles. The molecule has 0 radical (unpaired) electrons. The van der Waals surface area contributed by atoms with E-state index in [4.69, 9.17) is 4.52 Å². The fourth-order valence-electron chi connectivity index (χ4n) is 2.80. The minimum Gasteiger partial charge on any atom is -0.354 e. The molecule has 128 valence electrons. The number of carbonyl (C=O) groups is 1. The molecule has 3 aromatic rings. The number of amides is 1. The lowest BCUT2D eigenvalue weighted by atomic mass is 10.1. The largest absolute Gasteiger partial charge is 0.354 e. The van der Waals surface area contributed by atoms with Crippen molar-refractivity contribution in [3.8, 4) is 11.4 Å². The molecule has 9 nitrogen and oxygen atoms in total. The number of hydrogen-bond donors (Lipinski definition) is 3. The first-order valence-corrected chi connectivity index (χ1v) is 8.07. The fourth-order valence-corrected chi connectivity index (χ4v) is 2.80. The van der Waals surface area contributed by atoms with Crippen molar-refractivity contribution in [2.24, 2.45) is 0 Å². The van der Waals surface area contributed by atoms with Crippen LogP contribution in [0.2, 0.25) is 0 Å². The first kappa shape index (κ1) is 15.5. The number of nitrogens with one attached hydrogen (secondary N) is 3. The number of imidazole rings is 1. The molecule has 4 heterocycles. The van der Waals surface area contributed by atoms with Crippen LogP contribution in [-0.2, 0) is 17.6 Å². The molecule has 3 N–H and O–H groups in total.